The second-order valence-electron chi connectivity index (χ2n) is 6.14. The van der Waals surface area contributed by atoms with Crippen LogP contribution >= 0.6 is 11.3 Å². The Balaban J connectivity index is 1.35. The average molecular weight is 369 g/mol. The van der Waals surface area contributed by atoms with Crippen molar-refractivity contribution in [3.8, 4) is 10.6 Å². The Morgan fingerprint density at radius 2 is 1.92 bits per heavy atom. The van der Waals surface area contributed by atoms with Gasteiger partial charge in [0.15, 0.2) is 0 Å². The van der Waals surface area contributed by atoms with Crippen molar-refractivity contribution in [2.75, 3.05) is 13.1 Å². The third kappa shape index (κ3) is 5.20. The lowest BCUT2D eigenvalue weighted by atomic mass is 10.1. The molecular formula is C20H24N4OS. The molecule has 5 nitrogen and oxygen atoms in total. The van der Waals surface area contributed by atoms with Crippen LogP contribution in [0.5, 0.6) is 0 Å². The first kappa shape index (κ1) is 18.2. The lowest BCUT2D eigenvalue weighted by Crippen LogP contribution is -2.37. The van der Waals surface area contributed by atoms with Gasteiger partial charge < -0.3 is 10.6 Å². The van der Waals surface area contributed by atoms with Gasteiger partial charge >= 0.3 is 6.03 Å². The molecule has 0 unspecified atom stereocenters. The van der Waals surface area contributed by atoms with Gasteiger partial charge in [-0.1, -0.05) is 36.4 Å². The lowest BCUT2D eigenvalue weighted by molar-refractivity contribution is 0.240. The second-order valence-corrected chi connectivity index (χ2v) is 7.09. The Bertz CT molecular complexity index is 812. The van der Waals surface area contributed by atoms with Crippen LogP contribution in [0.25, 0.3) is 10.6 Å². The molecule has 0 aliphatic heterocycles. The summed E-state index contributed by atoms with van der Waals surface area (Å²) in [6.07, 6.45) is 1.90. The molecule has 6 heteroatoms. The number of rotatable bonds is 8. The number of benzene rings is 1. The minimum Gasteiger partial charge on any atom is -0.338 e. The highest BCUT2D eigenvalue weighted by Crippen LogP contribution is 2.23. The normalized spacial score (nSPS) is 10.7. The number of carbonyl (C=O) groups excluding carboxylic acids is 1. The summed E-state index contributed by atoms with van der Waals surface area (Å²) in [5, 5.41) is 12.5. The number of hydrogen-bond donors (Lipinski definition) is 2. The van der Waals surface area contributed by atoms with E-state index in [2.05, 4.69) is 40.0 Å². The number of nitrogens with zero attached hydrogens (tertiary/aromatic N) is 2. The van der Waals surface area contributed by atoms with Crippen molar-refractivity contribution in [1.29, 1.82) is 0 Å². The van der Waals surface area contributed by atoms with E-state index in [1.54, 1.807) is 11.3 Å². The molecule has 26 heavy (non-hydrogen) atoms. The SMILES string of the molecule is Cc1cc(-c2cccs2)nn1CCNC(=O)NCCCc1ccccc1. The number of hydrogen-bond acceptors (Lipinski definition) is 3. The van der Waals surface area contributed by atoms with Gasteiger partial charge in [-0.3, -0.25) is 4.68 Å². The Morgan fingerprint density at radius 3 is 2.69 bits per heavy atom. The Kier molecular flexibility index (Phi) is 6.44. The zero-order chi connectivity index (χ0) is 18.2. The van der Waals surface area contributed by atoms with E-state index in [-0.39, 0.29) is 6.03 Å². The van der Waals surface area contributed by atoms with Gasteiger partial charge in [-0.15, -0.1) is 11.3 Å². The summed E-state index contributed by atoms with van der Waals surface area (Å²) in [7, 11) is 0. The van der Waals surface area contributed by atoms with Crippen LogP contribution in [0.15, 0.2) is 53.9 Å². The average Bonchev–Trinajstić information content (AvgIpc) is 3.30. The third-order valence-corrected chi connectivity index (χ3v) is 5.03. The largest absolute Gasteiger partial charge is 0.338 e. The highest BCUT2D eigenvalue weighted by Gasteiger charge is 2.07. The predicted molar refractivity (Wildman–Crippen MR) is 106 cm³/mol. The van der Waals surface area contributed by atoms with Crippen molar-refractivity contribution < 1.29 is 4.79 Å². The highest BCUT2D eigenvalue weighted by atomic mass is 32.1. The number of aromatic nitrogens is 2. The summed E-state index contributed by atoms with van der Waals surface area (Å²) >= 11 is 1.68. The summed E-state index contributed by atoms with van der Waals surface area (Å²) in [4.78, 5) is 13.0. The number of amides is 2. The molecule has 0 saturated heterocycles. The molecule has 1 aromatic carbocycles. The number of thiophene rings is 1. The summed E-state index contributed by atoms with van der Waals surface area (Å²) < 4.78 is 1.94. The van der Waals surface area contributed by atoms with E-state index in [1.807, 2.05) is 41.3 Å². The van der Waals surface area contributed by atoms with Gasteiger partial charge in [-0.05, 0) is 42.8 Å². The molecule has 0 radical (unpaired) electrons. The number of aryl methyl sites for hydroxylation is 2. The van der Waals surface area contributed by atoms with Crippen LogP contribution in [-0.4, -0.2) is 28.9 Å². The van der Waals surface area contributed by atoms with E-state index in [0.717, 1.165) is 29.1 Å². The van der Waals surface area contributed by atoms with Crippen molar-refractivity contribution in [2.24, 2.45) is 0 Å². The summed E-state index contributed by atoms with van der Waals surface area (Å²) in [5.74, 6) is 0. The van der Waals surface area contributed by atoms with Crippen molar-refractivity contribution in [2.45, 2.75) is 26.3 Å². The monoisotopic (exact) mass is 368 g/mol. The van der Waals surface area contributed by atoms with E-state index in [1.165, 1.54) is 5.56 Å². The van der Waals surface area contributed by atoms with Crippen molar-refractivity contribution in [3.05, 3.63) is 65.2 Å². The minimum absolute atomic E-state index is 0.124. The fourth-order valence-electron chi connectivity index (χ4n) is 2.76. The second kappa shape index (κ2) is 9.20. The van der Waals surface area contributed by atoms with E-state index in [4.69, 9.17) is 0 Å². The maximum Gasteiger partial charge on any atom is 0.314 e. The van der Waals surface area contributed by atoms with Gasteiger partial charge in [-0.2, -0.15) is 5.10 Å². The number of carbonyl (C=O) groups is 1. The Hall–Kier alpha value is -2.60. The van der Waals surface area contributed by atoms with Gasteiger partial charge in [0, 0.05) is 18.8 Å². The fraction of sp³-hybridized carbons (Fsp3) is 0.300. The van der Waals surface area contributed by atoms with Crippen LogP contribution in [-0.2, 0) is 13.0 Å². The highest BCUT2D eigenvalue weighted by molar-refractivity contribution is 7.13. The van der Waals surface area contributed by atoms with Gasteiger partial charge in [-0.25, -0.2) is 4.79 Å². The first-order valence-electron chi connectivity index (χ1n) is 8.86. The molecule has 0 saturated carbocycles. The number of nitrogens with one attached hydrogen (secondary N) is 2. The molecule has 0 aliphatic rings. The van der Waals surface area contributed by atoms with Gasteiger partial charge in [0.05, 0.1) is 11.4 Å². The molecule has 0 atom stereocenters. The van der Waals surface area contributed by atoms with Gasteiger partial charge in [0.25, 0.3) is 0 Å². The molecule has 2 N–H and O–H groups in total. The van der Waals surface area contributed by atoms with E-state index >= 15 is 0 Å². The Morgan fingerprint density at radius 1 is 1.12 bits per heavy atom. The first-order chi connectivity index (χ1) is 12.7. The molecule has 0 spiro atoms. The van der Waals surface area contributed by atoms with E-state index in [9.17, 15) is 4.79 Å². The Labute approximate surface area is 158 Å². The molecule has 3 rings (SSSR count). The van der Waals surface area contributed by atoms with Crippen LogP contribution in [0.3, 0.4) is 0 Å². The smallest absolute Gasteiger partial charge is 0.314 e. The molecule has 2 heterocycles. The maximum atomic E-state index is 11.9. The van der Waals surface area contributed by atoms with Gasteiger partial charge in [0.1, 0.15) is 5.69 Å². The van der Waals surface area contributed by atoms with E-state index in [0.29, 0.717) is 19.6 Å². The molecule has 136 valence electrons. The van der Waals surface area contributed by atoms with Crippen LogP contribution < -0.4 is 10.6 Å². The fourth-order valence-corrected chi connectivity index (χ4v) is 3.44. The predicted octanol–water partition coefficient (Wildman–Crippen LogP) is 3.85. The molecule has 0 aliphatic carbocycles. The first-order valence-corrected chi connectivity index (χ1v) is 9.74. The van der Waals surface area contributed by atoms with E-state index < -0.39 is 0 Å². The topological polar surface area (TPSA) is 59.0 Å². The minimum atomic E-state index is -0.124. The van der Waals surface area contributed by atoms with Crippen molar-refractivity contribution >= 4 is 17.4 Å². The van der Waals surface area contributed by atoms with Crippen LogP contribution in [0.4, 0.5) is 4.79 Å². The number of urea groups is 1. The summed E-state index contributed by atoms with van der Waals surface area (Å²) in [6, 6.07) is 16.4. The molecule has 0 bridgehead atoms. The van der Waals surface area contributed by atoms with Gasteiger partial charge in [0.2, 0.25) is 0 Å². The quantitative estimate of drug-likeness (QED) is 0.593. The summed E-state index contributed by atoms with van der Waals surface area (Å²) in [5.41, 5.74) is 3.38. The molecule has 2 aromatic heterocycles. The molecule has 3 aromatic rings. The molecule has 0 fully saturated rings. The van der Waals surface area contributed by atoms with Crippen LogP contribution in [0.1, 0.15) is 17.7 Å². The maximum absolute atomic E-state index is 11.9. The molecular weight excluding hydrogens is 344 g/mol. The zero-order valence-electron chi connectivity index (χ0n) is 14.9. The van der Waals surface area contributed by atoms with Crippen molar-refractivity contribution in [1.82, 2.24) is 20.4 Å². The molecule has 2 amide bonds. The van der Waals surface area contributed by atoms with Crippen LogP contribution in [0, 0.1) is 6.92 Å². The summed E-state index contributed by atoms with van der Waals surface area (Å²) in [6.45, 7) is 3.92. The standard InChI is InChI=1S/C20H24N4OS/c1-16-15-18(19-10-6-14-26-19)23-24(16)13-12-22-20(25)21-11-5-9-17-7-3-2-4-8-17/h2-4,6-8,10,14-15H,5,9,11-13H2,1H3,(H2,21,22,25). The lowest BCUT2D eigenvalue weighted by Gasteiger charge is -2.08. The zero-order valence-corrected chi connectivity index (χ0v) is 15.8. The van der Waals surface area contributed by atoms with Crippen LogP contribution in [0.2, 0.25) is 0 Å². The third-order valence-electron chi connectivity index (χ3n) is 4.13. The van der Waals surface area contributed by atoms with Crippen molar-refractivity contribution in [3.63, 3.8) is 0 Å².